The van der Waals surface area contributed by atoms with Gasteiger partial charge in [-0.25, -0.2) is 4.79 Å². The van der Waals surface area contributed by atoms with Crippen molar-refractivity contribution in [2.75, 3.05) is 40.4 Å². The van der Waals surface area contributed by atoms with E-state index in [1.165, 1.54) is 7.11 Å². The number of carbonyl (C=O) groups is 3. The van der Waals surface area contributed by atoms with Gasteiger partial charge in [0.25, 0.3) is 11.8 Å². The highest BCUT2D eigenvalue weighted by molar-refractivity contribution is 6.01. The van der Waals surface area contributed by atoms with Gasteiger partial charge in [-0.2, -0.15) is 0 Å². The summed E-state index contributed by atoms with van der Waals surface area (Å²) in [7, 11) is 2.89. The van der Waals surface area contributed by atoms with Crippen molar-refractivity contribution in [2.45, 2.75) is 33.1 Å². The quantitative estimate of drug-likeness (QED) is 0.696. The molecule has 0 unspecified atom stereocenters. The number of aromatic amines is 1. The van der Waals surface area contributed by atoms with E-state index in [1.54, 1.807) is 36.0 Å². The molecule has 1 N–H and O–H groups in total. The van der Waals surface area contributed by atoms with Gasteiger partial charge in [-0.3, -0.25) is 9.59 Å². The molecule has 3 rings (SSSR count). The van der Waals surface area contributed by atoms with Gasteiger partial charge in [-0.05, 0) is 37.5 Å². The molecule has 2 aromatic rings. The van der Waals surface area contributed by atoms with Crippen LogP contribution in [0.5, 0.6) is 5.75 Å². The number of aryl methyl sites for hydroxylation is 1. The van der Waals surface area contributed by atoms with Crippen molar-refractivity contribution in [3.8, 4) is 5.75 Å². The standard InChI is InChI=1S/C24H31N3O5/c1-5-9-18-20(24(30)32-4)16(2)25-21(18)23(29)27-13-8-12-26(14-15-27)22(28)17-10-6-7-11-19(17)31-3/h6-7,10-11,25H,5,8-9,12-15H2,1-4H3. The van der Waals surface area contributed by atoms with Gasteiger partial charge >= 0.3 is 5.97 Å². The minimum Gasteiger partial charge on any atom is -0.496 e. The SMILES string of the molecule is CCCc1c(C(=O)N2CCCN(C(=O)c3ccccc3OC)CC2)[nH]c(C)c1C(=O)OC. The summed E-state index contributed by atoms with van der Waals surface area (Å²) >= 11 is 0. The molecule has 0 bridgehead atoms. The van der Waals surface area contributed by atoms with Crippen LogP contribution in [0.3, 0.4) is 0 Å². The third-order valence-corrected chi connectivity index (χ3v) is 5.80. The normalized spacial score (nSPS) is 14.1. The third kappa shape index (κ3) is 4.64. The Morgan fingerprint density at radius 3 is 2.28 bits per heavy atom. The minimum atomic E-state index is -0.439. The Labute approximate surface area is 188 Å². The summed E-state index contributed by atoms with van der Waals surface area (Å²) in [4.78, 5) is 45.4. The molecule has 8 nitrogen and oxygen atoms in total. The van der Waals surface area contributed by atoms with Crippen molar-refractivity contribution in [3.63, 3.8) is 0 Å². The van der Waals surface area contributed by atoms with E-state index in [-0.39, 0.29) is 11.8 Å². The summed E-state index contributed by atoms with van der Waals surface area (Å²) in [6, 6.07) is 7.16. The van der Waals surface area contributed by atoms with E-state index in [1.807, 2.05) is 19.1 Å². The lowest BCUT2D eigenvalue weighted by Gasteiger charge is -2.23. The number of amides is 2. The first-order chi connectivity index (χ1) is 15.4. The van der Waals surface area contributed by atoms with Crippen LogP contribution in [-0.2, 0) is 11.2 Å². The van der Waals surface area contributed by atoms with E-state index in [0.717, 1.165) is 6.42 Å². The van der Waals surface area contributed by atoms with E-state index in [2.05, 4.69) is 4.98 Å². The van der Waals surface area contributed by atoms with Crippen LogP contribution < -0.4 is 4.74 Å². The van der Waals surface area contributed by atoms with Crippen LogP contribution >= 0.6 is 0 Å². The molecule has 1 aliphatic rings. The van der Waals surface area contributed by atoms with Gasteiger partial charge in [0, 0.05) is 31.9 Å². The van der Waals surface area contributed by atoms with Crippen LogP contribution in [0.2, 0.25) is 0 Å². The van der Waals surface area contributed by atoms with E-state index >= 15 is 0 Å². The molecule has 0 spiro atoms. The van der Waals surface area contributed by atoms with Crippen LogP contribution in [0, 0.1) is 6.92 Å². The predicted octanol–water partition coefficient (Wildman–Crippen LogP) is 3.06. The number of aromatic nitrogens is 1. The number of para-hydroxylation sites is 1. The fraction of sp³-hybridized carbons (Fsp3) is 0.458. The molecule has 1 fully saturated rings. The predicted molar refractivity (Wildman–Crippen MR) is 120 cm³/mol. The second kappa shape index (κ2) is 10.3. The lowest BCUT2D eigenvalue weighted by molar-refractivity contribution is 0.0598. The number of carbonyl (C=O) groups excluding carboxylic acids is 3. The molecule has 172 valence electrons. The number of nitrogens with zero attached hydrogens (tertiary/aromatic N) is 2. The first-order valence-corrected chi connectivity index (χ1v) is 10.9. The first kappa shape index (κ1) is 23.4. The fourth-order valence-corrected chi connectivity index (χ4v) is 4.21. The monoisotopic (exact) mass is 441 g/mol. The summed E-state index contributed by atoms with van der Waals surface area (Å²) in [6.07, 6.45) is 2.06. The van der Waals surface area contributed by atoms with E-state index in [0.29, 0.717) is 72.8 Å². The summed E-state index contributed by atoms with van der Waals surface area (Å²) in [5.41, 5.74) is 2.73. The van der Waals surface area contributed by atoms with Crippen molar-refractivity contribution in [1.29, 1.82) is 0 Å². The van der Waals surface area contributed by atoms with Crippen LogP contribution in [-0.4, -0.2) is 73.0 Å². The van der Waals surface area contributed by atoms with Gasteiger partial charge in [-0.1, -0.05) is 25.5 Å². The van der Waals surface area contributed by atoms with Gasteiger partial charge in [-0.15, -0.1) is 0 Å². The highest BCUT2D eigenvalue weighted by Crippen LogP contribution is 2.24. The number of ether oxygens (including phenoxy) is 2. The smallest absolute Gasteiger partial charge is 0.339 e. The summed E-state index contributed by atoms with van der Waals surface area (Å²) in [5.74, 6) is -0.160. The average Bonchev–Trinajstić information content (AvgIpc) is 2.98. The zero-order valence-electron chi connectivity index (χ0n) is 19.2. The molecule has 0 aliphatic carbocycles. The van der Waals surface area contributed by atoms with E-state index < -0.39 is 5.97 Å². The molecule has 2 heterocycles. The van der Waals surface area contributed by atoms with Crippen molar-refractivity contribution in [1.82, 2.24) is 14.8 Å². The minimum absolute atomic E-state index is 0.105. The Hall–Kier alpha value is -3.29. The van der Waals surface area contributed by atoms with Crippen molar-refractivity contribution >= 4 is 17.8 Å². The van der Waals surface area contributed by atoms with Gasteiger partial charge in [0.15, 0.2) is 0 Å². The molecule has 0 atom stereocenters. The van der Waals surface area contributed by atoms with Crippen LogP contribution in [0.25, 0.3) is 0 Å². The molecule has 1 aliphatic heterocycles. The number of methoxy groups -OCH3 is 2. The van der Waals surface area contributed by atoms with E-state index in [4.69, 9.17) is 9.47 Å². The van der Waals surface area contributed by atoms with Crippen molar-refractivity contribution in [2.24, 2.45) is 0 Å². The van der Waals surface area contributed by atoms with Gasteiger partial charge in [0.05, 0.1) is 25.3 Å². The first-order valence-electron chi connectivity index (χ1n) is 10.9. The molecular formula is C24H31N3O5. The van der Waals surface area contributed by atoms with Crippen molar-refractivity contribution < 1.29 is 23.9 Å². The summed E-state index contributed by atoms with van der Waals surface area (Å²) in [5, 5.41) is 0. The molecule has 1 aromatic carbocycles. The number of hydrogen-bond acceptors (Lipinski definition) is 5. The number of rotatable bonds is 6. The van der Waals surface area contributed by atoms with Crippen molar-refractivity contribution in [3.05, 3.63) is 52.3 Å². The molecule has 1 aromatic heterocycles. The van der Waals surface area contributed by atoms with Gasteiger partial charge in [0.1, 0.15) is 11.4 Å². The maximum Gasteiger partial charge on any atom is 0.339 e. The lowest BCUT2D eigenvalue weighted by Crippen LogP contribution is -2.37. The van der Waals surface area contributed by atoms with Crippen LogP contribution in [0.4, 0.5) is 0 Å². The largest absolute Gasteiger partial charge is 0.496 e. The number of hydrogen-bond donors (Lipinski definition) is 1. The summed E-state index contributed by atoms with van der Waals surface area (Å²) < 4.78 is 10.3. The Morgan fingerprint density at radius 2 is 1.66 bits per heavy atom. The lowest BCUT2D eigenvalue weighted by atomic mass is 10.0. The molecule has 0 radical (unpaired) electrons. The second-order valence-electron chi connectivity index (χ2n) is 7.86. The number of esters is 1. The molecule has 0 saturated carbocycles. The Balaban J connectivity index is 1.79. The number of nitrogens with one attached hydrogen (secondary N) is 1. The maximum atomic E-state index is 13.4. The van der Waals surface area contributed by atoms with Crippen LogP contribution in [0.1, 0.15) is 62.2 Å². The van der Waals surface area contributed by atoms with E-state index in [9.17, 15) is 14.4 Å². The van der Waals surface area contributed by atoms with Gasteiger partial charge in [0.2, 0.25) is 0 Å². The van der Waals surface area contributed by atoms with Gasteiger partial charge < -0.3 is 24.3 Å². The third-order valence-electron chi connectivity index (χ3n) is 5.80. The topological polar surface area (TPSA) is 91.9 Å². The maximum absolute atomic E-state index is 13.4. The Kier molecular flexibility index (Phi) is 7.56. The fourth-order valence-electron chi connectivity index (χ4n) is 4.21. The van der Waals surface area contributed by atoms with Crippen LogP contribution in [0.15, 0.2) is 24.3 Å². The average molecular weight is 442 g/mol. The summed E-state index contributed by atoms with van der Waals surface area (Å²) in [6.45, 7) is 5.71. The molecule has 1 saturated heterocycles. The highest BCUT2D eigenvalue weighted by Gasteiger charge is 2.29. The second-order valence-corrected chi connectivity index (χ2v) is 7.86. The molecule has 32 heavy (non-hydrogen) atoms. The highest BCUT2D eigenvalue weighted by atomic mass is 16.5. The number of H-pyrrole nitrogens is 1. The Morgan fingerprint density at radius 1 is 1.00 bits per heavy atom. The molecule has 2 amide bonds. The zero-order valence-corrected chi connectivity index (χ0v) is 19.2. The Bertz CT molecular complexity index is 998. The molecular weight excluding hydrogens is 410 g/mol. The number of benzene rings is 1. The zero-order chi connectivity index (χ0) is 23.3. The molecule has 8 heteroatoms.